The van der Waals surface area contributed by atoms with Crippen LogP contribution in [0.4, 0.5) is 5.69 Å². The molecule has 1 heterocycles. The second-order valence-electron chi connectivity index (χ2n) is 8.45. The lowest BCUT2D eigenvalue weighted by Gasteiger charge is -2.55. The van der Waals surface area contributed by atoms with Crippen molar-refractivity contribution in [1.29, 1.82) is 0 Å². The van der Waals surface area contributed by atoms with Gasteiger partial charge in [-0.2, -0.15) is 0 Å². The number of methoxy groups -OCH3 is 1. The predicted octanol–water partition coefficient (Wildman–Crippen LogP) is 5.53. The SMILES string of the molecule is COc1ccc(N2C(=O)[C@@](C(=O)Cc3ccccc3)(c3ccccc3)[C@H]2c2ccccc2)cc1. The van der Waals surface area contributed by atoms with Crippen molar-refractivity contribution in [3.63, 3.8) is 0 Å². The summed E-state index contributed by atoms with van der Waals surface area (Å²) < 4.78 is 5.30. The number of hydrogen-bond donors (Lipinski definition) is 0. The van der Waals surface area contributed by atoms with Gasteiger partial charge >= 0.3 is 0 Å². The number of ether oxygens (including phenoxy) is 1. The maximum Gasteiger partial charge on any atom is 0.248 e. The van der Waals surface area contributed by atoms with Gasteiger partial charge in [0.25, 0.3) is 0 Å². The molecule has 168 valence electrons. The molecule has 0 radical (unpaired) electrons. The summed E-state index contributed by atoms with van der Waals surface area (Å²) in [5.41, 5.74) is 1.96. The van der Waals surface area contributed by atoms with Crippen molar-refractivity contribution < 1.29 is 14.3 Å². The van der Waals surface area contributed by atoms with Crippen molar-refractivity contribution >= 4 is 17.4 Å². The lowest BCUT2D eigenvalue weighted by Crippen LogP contribution is -2.70. The quantitative estimate of drug-likeness (QED) is 0.276. The second kappa shape index (κ2) is 8.99. The molecule has 0 unspecified atom stereocenters. The highest BCUT2D eigenvalue weighted by molar-refractivity contribution is 6.25. The number of amides is 1. The van der Waals surface area contributed by atoms with Crippen LogP contribution in [-0.2, 0) is 21.4 Å². The Morgan fingerprint density at radius 1 is 0.794 bits per heavy atom. The van der Waals surface area contributed by atoms with Crippen LogP contribution in [0, 0.1) is 0 Å². The van der Waals surface area contributed by atoms with Crippen molar-refractivity contribution in [1.82, 2.24) is 0 Å². The van der Waals surface area contributed by atoms with Crippen LogP contribution >= 0.6 is 0 Å². The number of Topliss-reactive ketones (excluding diaryl/α,β-unsaturated/α-hetero) is 1. The minimum Gasteiger partial charge on any atom is -0.497 e. The standard InChI is InChI=1S/C30H25NO3/c1-34-26-19-17-25(18-20-26)31-28(23-13-7-3-8-14-23)30(29(31)33,24-15-9-4-10-16-24)27(32)21-22-11-5-2-6-12-22/h2-20,28H,21H2,1H3/t28-,30-/m1/s1. The molecule has 0 aromatic heterocycles. The van der Waals surface area contributed by atoms with Crippen molar-refractivity contribution in [3.05, 3.63) is 132 Å². The van der Waals surface area contributed by atoms with Gasteiger partial charge in [0.15, 0.2) is 11.2 Å². The largest absolute Gasteiger partial charge is 0.497 e. The molecule has 34 heavy (non-hydrogen) atoms. The summed E-state index contributed by atoms with van der Waals surface area (Å²) in [7, 11) is 1.61. The van der Waals surface area contributed by atoms with Crippen LogP contribution in [0.25, 0.3) is 0 Å². The molecule has 1 saturated heterocycles. The molecule has 1 fully saturated rings. The smallest absolute Gasteiger partial charge is 0.248 e. The third-order valence-electron chi connectivity index (χ3n) is 6.57. The molecule has 1 aliphatic rings. The molecule has 4 heteroatoms. The van der Waals surface area contributed by atoms with Gasteiger partial charge in [-0.1, -0.05) is 91.0 Å². The van der Waals surface area contributed by atoms with E-state index in [0.29, 0.717) is 5.75 Å². The summed E-state index contributed by atoms with van der Waals surface area (Å²) in [5, 5.41) is 0. The Labute approximate surface area is 199 Å². The van der Waals surface area contributed by atoms with Crippen LogP contribution in [0.15, 0.2) is 115 Å². The minimum atomic E-state index is -1.31. The highest BCUT2D eigenvalue weighted by Gasteiger charge is 2.66. The molecule has 4 aromatic rings. The third-order valence-corrected chi connectivity index (χ3v) is 6.57. The van der Waals surface area contributed by atoms with Gasteiger partial charge in [-0.15, -0.1) is 0 Å². The van der Waals surface area contributed by atoms with Crippen LogP contribution < -0.4 is 9.64 Å². The van der Waals surface area contributed by atoms with E-state index in [4.69, 9.17) is 4.74 Å². The summed E-state index contributed by atoms with van der Waals surface area (Å²) in [5.74, 6) is 0.398. The number of nitrogens with zero attached hydrogens (tertiary/aromatic N) is 1. The number of β-lactam (4-membered cyclic amide) rings is 1. The molecule has 4 aromatic carbocycles. The number of ketones is 1. The summed E-state index contributed by atoms with van der Waals surface area (Å²) in [6.07, 6.45) is 0.182. The molecular formula is C30H25NO3. The Hall–Kier alpha value is -4.18. The average molecular weight is 448 g/mol. The second-order valence-corrected chi connectivity index (χ2v) is 8.45. The normalized spacial score (nSPS) is 19.4. The Kier molecular flexibility index (Phi) is 5.72. The Bertz CT molecular complexity index is 1290. The highest BCUT2D eigenvalue weighted by Crippen LogP contribution is 2.54. The number of benzene rings is 4. The van der Waals surface area contributed by atoms with Gasteiger partial charge in [-0.05, 0) is 41.0 Å². The fourth-order valence-corrected chi connectivity index (χ4v) is 4.93. The third kappa shape index (κ3) is 3.48. The molecule has 4 nitrogen and oxygen atoms in total. The highest BCUT2D eigenvalue weighted by atomic mass is 16.5. The fourth-order valence-electron chi connectivity index (χ4n) is 4.93. The van der Waals surface area contributed by atoms with E-state index in [9.17, 15) is 9.59 Å². The molecule has 0 N–H and O–H groups in total. The molecule has 5 rings (SSSR count). The van der Waals surface area contributed by atoms with Gasteiger partial charge in [0, 0.05) is 12.1 Å². The number of hydrogen-bond acceptors (Lipinski definition) is 3. The number of carbonyl (C=O) groups excluding carboxylic acids is 2. The first-order chi connectivity index (χ1) is 16.7. The monoisotopic (exact) mass is 447 g/mol. The lowest BCUT2D eigenvalue weighted by atomic mass is 9.60. The van der Waals surface area contributed by atoms with Crippen molar-refractivity contribution in [2.75, 3.05) is 12.0 Å². The van der Waals surface area contributed by atoms with E-state index in [1.807, 2.05) is 115 Å². The van der Waals surface area contributed by atoms with Gasteiger partial charge in [0.1, 0.15) is 5.75 Å². The Balaban J connectivity index is 1.67. The first-order valence-electron chi connectivity index (χ1n) is 11.3. The average Bonchev–Trinajstić information content (AvgIpc) is 2.89. The van der Waals surface area contributed by atoms with Gasteiger partial charge < -0.3 is 9.64 Å². The minimum absolute atomic E-state index is 0.103. The zero-order valence-electron chi connectivity index (χ0n) is 18.9. The number of rotatable bonds is 7. The molecule has 0 saturated carbocycles. The van der Waals surface area contributed by atoms with E-state index in [1.165, 1.54) is 0 Å². The number of anilines is 1. The van der Waals surface area contributed by atoms with Gasteiger partial charge in [0.2, 0.25) is 5.91 Å². The maximum atomic E-state index is 14.1. The zero-order valence-corrected chi connectivity index (χ0v) is 18.9. The fraction of sp³-hybridized carbons (Fsp3) is 0.133. The Morgan fingerprint density at radius 3 is 1.94 bits per heavy atom. The molecule has 0 aliphatic carbocycles. The van der Waals surface area contributed by atoms with Crippen molar-refractivity contribution in [3.8, 4) is 5.75 Å². The lowest BCUT2D eigenvalue weighted by molar-refractivity contribution is -0.143. The van der Waals surface area contributed by atoms with Gasteiger partial charge in [0.05, 0.1) is 13.2 Å². The van der Waals surface area contributed by atoms with E-state index < -0.39 is 11.5 Å². The summed E-state index contributed by atoms with van der Waals surface area (Å²) in [6, 6.07) is 35.8. The van der Waals surface area contributed by atoms with Crippen LogP contribution in [0.2, 0.25) is 0 Å². The molecule has 0 bridgehead atoms. The molecule has 0 spiro atoms. The van der Waals surface area contributed by atoms with E-state index in [0.717, 1.165) is 22.4 Å². The number of carbonyl (C=O) groups is 2. The van der Waals surface area contributed by atoms with Crippen LogP contribution in [0.5, 0.6) is 5.75 Å². The van der Waals surface area contributed by atoms with E-state index in [2.05, 4.69) is 0 Å². The topological polar surface area (TPSA) is 46.6 Å². The Morgan fingerprint density at radius 2 is 1.35 bits per heavy atom. The van der Waals surface area contributed by atoms with Crippen molar-refractivity contribution in [2.45, 2.75) is 17.9 Å². The molecule has 1 amide bonds. The van der Waals surface area contributed by atoms with Crippen LogP contribution in [0.3, 0.4) is 0 Å². The van der Waals surface area contributed by atoms with Crippen molar-refractivity contribution in [2.24, 2.45) is 0 Å². The first-order valence-corrected chi connectivity index (χ1v) is 11.3. The van der Waals surface area contributed by atoms with Gasteiger partial charge in [-0.25, -0.2) is 0 Å². The summed E-state index contributed by atoms with van der Waals surface area (Å²) in [6.45, 7) is 0. The van der Waals surface area contributed by atoms with Gasteiger partial charge in [-0.3, -0.25) is 9.59 Å². The molecular weight excluding hydrogens is 422 g/mol. The van der Waals surface area contributed by atoms with E-state index in [-0.39, 0.29) is 18.1 Å². The molecule has 2 atom stereocenters. The molecule has 1 aliphatic heterocycles. The predicted molar refractivity (Wildman–Crippen MR) is 133 cm³/mol. The zero-order chi connectivity index (χ0) is 23.5. The van der Waals surface area contributed by atoms with Crippen LogP contribution in [0.1, 0.15) is 22.7 Å². The van der Waals surface area contributed by atoms with E-state index >= 15 is 0 Å². The summed E-state index contributed by atoms with van der Waals surface area (Å²) in [4.78, 5) is 30.0. The summed E-state index contributed by atoms with van der Waals surface area (Å²) >= 11 is 0. The first kappa shape index (κ1) is 21.7. The van der Waals surface area contributed by atoms with Crippen LogP contribution in [-0.4, -0.2) is 18.8 Å². The maximum absolute atomic E-state index is 14.1. The van der Waals surface area contributed by atoms with E-state index in [1.54, 1.807) is 12.0 Å².